The monoisotopic (exact) mass is 277 g/mol. The van der Waals surface area contributed by atoms with E-state index in [1.165, 1.54) is 36.8 Å². The van der Waals surface area contributed by atoms with Gasteiger partial charge in [-0.1, -0.05) is 51.0 Å². The molecule has 1 unspecified atom stereocenters. The highest BCUT2D eigenvalue weighted by Crippen LogP contribution is 2.29. The summed E-state index contributed by atoms with van der Waals surface area (Å²) in [4.78, 5) is 0. The Morgan fingerprint density at radius 3 is 2.10 bits per heavy atom. The summed E-state index contributed by atoms with van der Waals surface area (Å²) in [5.74, 6) is 0.736. The lowest BCUT2D eigenvalue weighted by atomic mass is 9.86. The molecule has 114 valence electrons. The van der Waals surface area contributed by atoms with Gasteiger partial charge in [0, 0.05) is 13.2 Å². The normalized spacial score (nSPS) is 12.8. The molecule has 0 aliphatic heterocycles. The van der Waals surface area contributed by atoms with Crippen molar-refractivity contribution < 1.29 is 4.74 Å². The van der Waals surface area contributed by atoms with Crippen molar-refractivity contribution in [2.45, 2.75) is 52.0 Å². The van der Waals surface area contributed by atoms with Crippen LogP contribution in [0.5, 0.6) is 0 Å². The Morgan fingerprint density at radius 1 is 1.05 bits per heavy atom. The minimum Gasteiger partial charge on any atom is -0.384 e. The van der Waals surface area contributed by atoms with Crippen molar-refractivity contribution in [2.75, 3.05) is 20.8 Å². The second kappa shape index (κ2) is 9.95. The Kier molecular flexibility index (Phi) is 8.56. The average molecular weight is 277 g/mol. The first-order valence-corrected chi connectivity index (χ1v) is 8.01. The molecule has 20 heavy (non-hydrogen) atoms. The summed E-state index contributed by atoms with van der Waals surface area (Å²) >= 11 is 0. The molecule has 0 aromatic heterocycles. The third-order valence-electron chi connectivity index (χ3n) is 4.04. The number of benzene rings is 1. The van der Waals surface area contributed by atoms with Crippen LogP contribution in [-0.2, 0) is 11.2 Å². The van der Waals surface area contributed by atoms with E-state index in [0.717, 1.165) is 18.9 Å². The summed E-state index contributed by atoms with van der Waals surface area (Å²) in [6, 6.07) is 9.53. The first-order valence-electron chi connectivity index (χ1n) is 8.01. The van der Waals surface area contributed by atoms with Crippen LogP contribution < -0.4 is 5.32 Å². The fourth-order valence-corrected chi connectivity index (χ4v) is 3.01. The Hall–Kier alpha value is -0.860. The Labute approximate surface area is 124 Å². The molecule has 1 aromatic rings. The molecule has 0 bridgehead atoms. The van der Waals surface area contributed by atoms with Gasteiger partial charge in [0.05, 0.1) is 6.61 Å². The summed E-state index contributed by atoms with van der Waals surface area (Å²) in [6.07, 6.45) is 6.10. The van der Waals surface area contributed by atoms with Crippen molar-refractivity contribution in [1.29, 1.82) is 0 Å². The predicted octanol–water partition coefficient (Wildman–Crippen LogP) is 4.35. The molecule has 0 fully saturated rings. The van der Waals surface area contributed by atoms with E-state index in [2.05, 4.69) is 50.5 Å². The third kappa shape index (κ3) is 5.26. The van der Waals surface area contributed by atoms with E-state index in [4.69, 9.17) is 4.74 Å². The van der Waals surface area contributed by atoms with Gasteiger partial charge in [0.2, 0.25) is 0 Å². The first-order chi connectivity index (χ1) is 9.76. The number of rotatable bonds is 10. The summed E-state index contributed by atoms with van der Waals surface area (Å²) in [5, 5.41) is 3.53. The molecule has 0 saturated carbocycles. The molecule has 0 aliphatic carbocycles. The Morgan fingerprint density at radius 2 is 1.65 bits per heavy atom. The van der Waals surface area contributed by atoms with Crippen LogP contribution in [0, 0.1) is 5.92 Å². The number of hydrogen-bond donors (Lipinski definition) is 1. The highest BCUT2D eigenvalue weighted by Gasteiger charge is 2.20. The molecule has 0 spiro atoms. The van der Waals surface area contributed by atoms with Crippen molar-refractivity contribution in [3.8, 4) is 0 Å². The molecule has 2 nitrogen and oxygen atoms in total. The summed E-state index contributed by atoms with van der Waals surface area (Å²) in [7, 11) is 3.84. The van der Waals surface area contributed by atoms with Gasteiger partial charge in [0.25, 0.3) is 0 Å². The summed E-state index contributed by atoms with van der Waals surface area (Å²) in [6.45, 7) is 5.36. The smallest absolute Gasteiger partial charge is 0.0502 e. The SMILES string of the molecule is CCCC(CCC)C(NC)c1ccc(CCOC)cc1. The van der Waals surface area contributed by atoms with E-state index >= 15 is 0 Å². The van der Waals surface area contributed by atoms with E-state index in [1.807, 2.05) is 0 Å². The molecule has 1 aromatic carbocycles. The first kappa shape index (κ1) is 17.2. The van der Waals surface area contributed by atoms with Gasteiger partial charge in [-0.25, -0.2) is 0 Å². The zero-order valence-electron chi connectivity index (χ0n) is 13.6. The zero-order chi connectivity index (χ0) is 14.8. The van der Waals surface area contributed by atoms with Crippen LogP contribution >= 0.6 is 0 Å². The third-order valence-corrected chi connectivity index (χ3v) is 4.04. The number of nitrogens with one attached hydrogen (secondary N) is 1. The number of ether oxygens (including phenoxy) is 1. The van der Waals surface area contributed by atoms with Crippen LogP contribution in [0.25, 0.3) is 0 Å². The molecular formula is C18H31NO. The lowest BCUT2D eigenvalue weighted by molar-refractivity contribution is 0.202. The minimum absolute atomic E-state index is 0.478. The van der Waals surface area contributed by atoms with E-state index in [9.17, 15) is 0 Å². The largest absolute Gasteiger partial charge is 0.384 e. The van der Waals surface area contributed by atoms with Crippen molar-refractivity contribution in [1.82, 2.24) is 5.32 Å². The zero-order valence-corrected chi connectivity index (χ0v) is 13.6. The maximum atomic E-state index is 5.13. The standard InChI is InChI=1S/C18H31NO/c1-5-7-16(8-6-2)18(19-3)17-11-9-15(10-12-17)13-14-20-4/h9-12,16,18-19H,5-8,13-14H2,1-4H3. The Bertz CT molecular complexity index is 341. The Balaban J connectivity index is 2.76. The van der Waals surface area contributed by atoms with E-state index in [-0.39, 0.29) is 0 Å². The van der Waals surface area contributed by atoms with Gasteiger partial charge in [-0.2, -0.15) is 0 Å². The average Bonchev–Trinajstić information content (AvgIpc) is 2.47. The lowest BCUT2D eigenvalue weighted by Gasteiger charge is -2.27. The highest BCUT2D eigenvalue weighted by atomic mass is 16.5. The summed E-state index contributed by atoms with van der Waals surface area (Å²) in [5.41, 5.74) is 2.77. The van der Waals surface area contributed by atoms with Crippen molar-refractivity contribution in [2.24, 2.45) is 5.92 Å². The van der Waals surface area contributed by atoms with Crippen LogP contribution in [0.2, 0.25) is 0 Å². The van der Waals surface area contributed by atoms with E-state index in [0.29, 0.717) is 6.04 Å². The van der Waals surface area contributed by atoms with Gasteiger partial charge in [-0.15, -0.1) is 0 Å². The number of hydrogen-bond acceptors (Lipinski definition) is 2. The van der Waals surface area contributed by atoms with Gasteiger partial charge in [0.15, 0.2) is 0 Å². The minimum atomic E-state index is 0.478. The molecule has 0 radical (unpaired) electrons. The molecule has 2 heteroatoms. The lowest BCUT2D eigenvalue weighted by Crippen LogP contribution is -2.25. The maximum absolute atomic E-state index is 5.13. The van der Waals surface area contributed by atoms with Crippen LogP contribution in [-0.4, -0.2) is 20.8 Å². The molecule has 0 saturated heterocycles. The van der Waals surface area contributed by atoms with Crippen molar-refractivity contribution >= 4 is 0 Å². The molecule has 1 rings (SSSR count). The van der Waals surface area contributed by atoms with Gasteiger partial charge in [0.1, 0.15) is 0 Å². The molecular weight excluding hydrogens is 246 g/mol. The summed E-state index contributed by atoms with van der Waals surface area (Å²) < 4.78 is 5.13. The van der Waals surface area contributed by atoms with Crippen LogP contribution in [0.3, 0.4) is 0 Å². The van der Waals surface area contributed by atoms with E-state index < -0.39 is 0 Å². The molecule has 0 amide bonds. The molecule has 0 heterocycles. The second-order valence-corrected chi connectivity index (χ2v) is 5.59. The van der Waals surface area contributed by atoms with Crippen LogP contribution in [0.4, 0.5) is 0 Å². The van der Waals surface area contributed by atoms with Crippen LogP contribution in [0.1, 0.15) is 56.7 Å². The molecule has 1 atom stereocenters. The topological polar surface area (TPSA) is 21.3 Å². The second-order valence-electron chi connectivity index (χ2n) is 5.59. The molecule has 0 aliphatic rings. The number of methoxy groups -OCH3 is 1. The van der Waals surface area contributed by atoms with Crippen molar-refractivity contribution in [3.63, 3.8) is 0 Å². The van der Waals surface area contributed by atoms with Gasteiger partial charge in [-0.3, -0.25) is 0 Å². The van der Waals surface area contributed by atoms with Crippen LogP contribution in [0.15, 0.2) is 24.3 Å². The fraction of sp³-hybridized carbons (Fsp3) is 0.667. The fourth-order valence-electron chi connectivity index (χ4n) is 3.01. The van der Waals surface area contributed by atoms with Gasteiger partial charge >= 0.3 is 0 Å². The van der Waals surface area contributed by atoms with Gasteiger partial charge in [-0.05, 0) is 43.4 Å². The predicted molar refractivity (Wildman–Crippen MR) is 87.1 cm³/mol. The van der Waals surface area contributed by atoms with Gasteiger partial charge < -0.3 is 10.1 Å². The quantitative estimate of drug-likeness (QED) is 0.686. The highest BCUT2D eigenvalue weighted by molar-refractivity contribution is 5.25. The molecule has 1 N–H and O–H groups in total. The van der Waals surface area contributed by atoms with Crippen molar-refractivity contribution in [3.05, 3.63) is 35.4 Å². The van der Waals surface area contributed by atoms with E-state index in [1.54, 1.807) is 7.11 Å². The maximum Gasteiger partial charge on any atom is 0.0502 e.